The van der Waals surface area contributed by atoms with Gasteiger partial charge in [0.05, 0.1) is 17.1 Å². The van der Waals surface area contributed by atoms with E-state index in [4.69, 9.17) is 0 Å². The molecule has 0 radical (unpaired) electrons. The third-order valence-electron chi connectivity index (χ3n) is 2.23. The van der Waals surface area contributed by atoms with Crippen LogP contribution in [0.15, 0.2) is 24.5 Å². The summed E-state index contributed by atoms with van der Waals surface area (Å²) in [5, 5.41) is 0. The lowest BCUT2D eigenvalue weighted by atomic mass is 10.2. The van der Waals surface area contributed by atoms with Crippen LogP contribution < -0.4 is 0 Å². The number of pyridine rings is 1. The molecule has 2 aromatic rings. The van der Waals surface area contributed by atoms with Gasteiger partial charge in [-0.3, -0.25) is 9.97 Å². The van der Waals surface area contributed by atoms with Crippen molar-refractivity contribution in [1.82, 2.24) is 15.0 Å². The summed E-state index contributed by atoms with van der Waals surface area (Å²) in [6.07, 6.45) is 3.62. The van der Waals surface area contributed by atoms with Crippen LogP contribution in [0.3, 0.4) is 0 Å². The quantitative estimate of drug-likeness (QED) is 0.708. The molecule has 2 heterocycles. The molecule has 0 saturated carbocycles. The molecule has 0 amide bonds. The summed E-state index contributed by atoms with van der Waals surface area (Å²) in [7, 11) is 0. The molecule has 0 unspecified atom stereocenters. The molecular weight excluding hydrogens is 186 g/mol. The van der Waals surface area contributed by atoms with Gasteiger partial charge in [0.1, 0.15) is 5.69 Å². The molecule has 0 bridgehead atoms. The first kappa shape index (κ1) is 9.77. The van der Waals surface area contributed by atoms with Crippen LogP contribution in [0.2, 0.25) is 0 Å². The number of nitrogens with zero attached hydrogens (tertiary/aromatic N) is 3. The zero-order valence-electron chi connectivity index (χ0n) is 9.15. The third-order valence-corrected chi connectivity index (χ3v) is 2.23. The van der Waals surface area contributed by atoms with Crippen LogP contribution in [-0.4, -0.2) is 15.0 Å². The standard InChI is InChI=1S/C12H13N3/c1-8-4-5-11(14-6-8)12-10(3)13-7-9(2)15-12/h4-7H,1-3H3. The maximum atomic E-state index is 4.45. The van der Waals surface area contributed by atoms with Crippen molar-refractivity contribution in [3.8, 4) is 11.4 Å². The number of hydrogen-bond donors (Lipinski definition) is 0. The highest BCUT2D eigenvalue weighted by Gasteiger charge is 2.05. The van der Waals surface area contributed by atoms with Crippen molar-refractivity contribution in [2.45, 2.75) is 20.8 Å². The fourth-order valence-electron chi connectivity index (χ4n) is 1.39. The Morgan fingerprint density at radius 3 is 2.40 bits per heavy atom. The van der Waals surface area contributed by atoms with Crippen molar-refractivity contribution in [2.75, 3.05) is 0 Å². The molecule has 0 aliphatic heterocycles. The van der Waals surface area contributed by atoms with Gasteiger partial charge in [-0.15, -0.1) is 0 Å². The first-order valence-corrected chi connectivity index (χ1v) is 4.90. The normalized spacial score (nSPS) is 10.3. The highest BCUT2D eigenvalue weighted by Crippen LogP contribution is 2.17. The van der Waals surface area contributed by atoms with Gasteiger partial charge in [0.2, 0.25) is 0 Å². The lowest BCUT2D eigenvalue weighted by molar-refractivity contribution is 1.06. The van der Waals surface area contributed by atoms with Gasteiger partial charge in [-0.25, -0.2) is 4.98 Å². The van der Waals surface area contributed by atoms with Crippen molar-refractivity contribution in [3.63, 3.8) is 0 Å². The first-order chi connectivity index (χ1) is 7.16. The van der Waals surface area contributed by atoms with E-state index in [0.717, 1.165) is 28.3 Å². The van der Waals surface area contributed by atoms with E-state index in [0.29, 0.717) is 0 Å². The number of aromatic nitrogens is 3. The largest absolute Gasteiger partial charge is 0.257 e. The van der Waals surface area contributed by atoms with Crippen molar-refractivity contribution in [2.24, 2.45) is 0 Å². The predicted molar refractivity (Wildman–Crippen MR) is 59.5 cm³/mol. The van der Waals surface area contributed by atoms with Crippen molar-refractivity contribution < 1.29 is 0 Å². The minimum Gasteiger partial charge on any atom is -0.257 e. The van der Waals surface area contributed by atoms with E-state index < -0.39 is 0 Å². The van der Waals surface area contributed by atoms with E-state index in [9.17, 15) is 0 Å². The highest BCUT2D eigenvalue weighted by atomic mass is 14.8. The predicted octanol–water partition coefficient (Wildman–Crippen LogP) is 2.46. The lowest BCUT2D eigenvalue weighted by Gasteiger charge is -2.04. The van der Waals surface area contributed by atoms with E-state index in [1.165, 1.54) is 0 Å². The number of hydrogen-bond acceptors (Lipinski definition) is 3. The van der Waals surface area contributed by atoms with Crippen molar-refractivity contribution >= 4 is 0 Å². The summed E-state index contributed by atoms with van der Waals surface area (Å²) in [4.78, 5) is 13.1. The molecule has 0 atom stereocenters. The minimum atomic E-state index is 0.870. The summed E-state index contributed by atoms with van der Waals surface area (Å²) < 4.78 is 0. The maximum Gasteiger partial charge on any atom is 0.110 e. The molecule has 3 heteroatoms. The Kier molecular flexibility index (Phi) is 2.46. The third kappa shape index (κ3) is 2.01. The second-order valence-corrected chi connectivity index (χ2v) is 3.67. The molecule has 0 aliphatic carbocycles. The van der Waals surface area contributed by atoms with Gasteiger partial charge in [0.25, 0.3) is 0 Å². The summed E-state index contributed by atoms with van der Waals surface area (Å²) in [6, 6.07) is 4.01. The summed E-state index contributed by atoms with van der Waals surface area (Å²) in [5.74, 6) is 0. The molecule has 0 saturated heterocycles. The van der Waals surface area contributed by atoms with Gasteiger partial charge in [-0.05, 0) is 32.4 Å². The van der Waals surface area contributed by atoms with E-state index >= 15 is 0 Å². The summed E-state index contributed by atoms with van der Waals surface area (Å²) in [6.45, 7) is 5.90. The lowest BCUT2D eigenvalue weighted by Crippen LogP contribution is -1.96. The maximum absolute atomic E-state index is 4.45. The Balaban J connectivity index is 2.53. The van der Waals surface area contributed by atoms with Gasteiger partial charge in [0, 0.05) is 12.4 Å². The number of rotatable bonds is 1. The molecule has 3 nitrogen and oxygen atoms in total. The molecule has 2 rings (SSSR count). The smallest absolute Gasteiger partial charge is 0.110 e. The van der Waals surface area contributed by atoms with Gasteiger partial charge in [-0.2, -0.15) is 0 Å². The van der Waals surface area contributed by atoms with Gasteiger partial charge in [-0.1, -0.05) is 6.07 Å². The SMILES string of the molecule is Cc1ccc(-c2nc(C)cnc2C)nc1. The molecule has 76 valence electrons. The fraction of sp³-hybridized carbons (Fsp3) is 0.250. The van der Waals surface area contributed by atoms with E-state index in [-0.39, 0.29) is 0 Å². The van der Waals surface area contributed by atoms with Crippen molar-refractivity contribution in [1.29, 1.82) is 0 Å². The van der Waals surface area contributed by atoms with Gasteiger partial charge < -0.3 is 0 Å². The van der Waals surface area contributed by atoms with Crippen LogP contribution >= 0.6 is 0 Å². The Labute approximate surface area is 89.2 Å². The average molecular weight is 199 g/mol. The van der Waals surface area contributed by atoms with E-state index in [1.807, 2.05) is 39.1 Å². The van der Waals surface area contributed by atoms with Crippen LogP contribution in [0.4, 0.5) is 0 Å². The molecule has 0 N–H and O–H groups in total. The zero-order chi connectivity index (χ0) is 10.8. The summed E-state index contributed by atoms with van der Waals surface area (Å²) in [5.41, 5.74) is 4.73. The van der Waals surface area contributed by atoms with Gasteiger partial charge in [0.15, 0.2) is 0 Å². The van der Waals surface area contributed by atoms with E-state index in [1.54, 1.807) is 6.20 Å². The Morgan fingerprint density at radius 2 is 1.73 bits per heavy atom. The molecule has 2 aromatic heterocycles. The average Bonchev–Trinajstić information content (AvgIpc) is 2.23. The van der Waals surface area contributed by atoms with Crippen LogP contribution in [0.5, 0.6) is 0 Å². The van der Waals surface area contributed by atoms with Gasteiger partial charge >= 0.3 is 0 Å². The van der Waals surface area contributed by atoms with Crippen LogP contribution in [0, 0.1) is 20.8 Å². The van der Waals surface area contributed by atoms with Crippen LogP contribution in [0.1, 0.15) is 17.0 Å². The summed E-state index contributed by atoms with van der Waals surface area (Å²) >= 11 is 0. The Hall–Kier alpha value is -1.77. The molecule has 0 spiro atoms. The van der Waals surface area contributed by atoms with Crippen molar-refractivity contribution in [3.05, 3.63) is 41.5 Å². The Bertz CT molecular complexity index is 475. The monoisotopic (exact) mass is 199 g/mol. The second kappa shape index (κ2) is 3.77. The number of aryl methyl sites for hydroxylation is 3. The fourth-order valence-corrected chi connectivity index (χ4v) is 1.39. The van der Waals surface area contributed by atoms with Crippen LogP contribution in [0.25, 0.3) is 11.4 Å². The molecule has 0 aromatic carbocycles. The molecule has 0 aliphatic rings. The molecule has 0 fully saturated rings. The van der Waals surface area contributed by atoms with E-state index in [2.05, 4.69) is 15.0 Å². The zero-order valence-corrected chi connectivity index (χ0v) is 9.15. The highest BCUT2D eigenvalue weighted by molar-refractivity contribution is 5.56. The molecular formula is C12H13N3. The molecule has 15 heavy (non-hydrogen) atoms. The topological polar surface area (TPSA) is 38.7 Å². The van der Waals surface area contributed by atoms with Crippen LogP contribution in [-0.2, 0) is 0 Å². The second-order valence-electron chi connectivity index (χ2n) is 3.67. The minimum absolute atomic E-state index is 0.870. The Morgan fingerprint density at radius 1 is 0.933 bits per heavy atom. The first-order valence-electron chi connectivity index (χ1n) is 4.90.